The molecule has 0 aromatic carbocycles. The number of aliphatic hydroxyl groups is 1. The molecule has 0 amide bonds. The Hall–Kier alpha value is -0.800. The Balaban J connectivity index is 1.92. The SMILES string of the molecule is OC1(CNc2ccnc(Cl)c2)CCCCCC1. The molecule has 1 aliphatic rings. The Bertz CT molecular complexity index is 362. The number of nitrogens with zero attached hydrogens (tertiary/aromatic N) is 1. The maximum absolute atomic E-state index is 10.5. The van der Waals surface area contributed by atoms with E-state index >= 15 is 0 Å². The summed E-state index contributed by atoms with van der Waals surface area (Å²) in [5.74, 6) is 0. The molecule has 0 radical (unpaired) electrons. The summed E-state index contributed by atoms with van der Waals surface area (Å²) in [6.45, 7) is 0.591. The van der Waals surface area contributed by atoms with Gasteiger partial charge in [-0.25, -0.2) is 4.98 Å². The summed E-state index contributed by atoms with van der Waals surface area (Å²) in [6, 6.07) is 3.65. The van der Waals surface area contributed by atoms with Gasteiger partial charge >= 0.3 is 0 Å². The highest BCUT2D eigenvalue weighted by Gasteiger charge is 2.27. The maximum Gasteiger partial charge on any atom is 0.131 e. The van der Waals surface area contributed by atoms with Crippen molar-refractivity contribution in [1.29, 1.82) is 0 Å². The van der Waals surface area contributed by atoms with Crippen molar-refractivity contribution >= 4 is 17.3 Å². The Morgan fingerprint density at radius 2 is 2.00 bits per heavy atom. The molecule has 1 fully saturated rings. The maximum atomic E-state index is 10.5. The van der Waals surface area contributed by atoms with Gasteiger partial charge in [0.25, 0.3) is 0 Å². The van der Waals surface area contributed by atoms with Crippen LogP contribution in [0, 0.1) is 0 Å². The highest BCUT2D eigenvalue weighted by atomic mass is 35.5. The minimum atomic E-state index is -0.563. The Labute approximate surface area is 107 Å². The van der Waals surface area contributed by atoms with Crippen LogP contribution in [0.1, 0.15) is 38.5 Å². The van der Waals surface area contributed by atoms with Crippen LogP contribution in [0.15, 0.2) is 18.3 Å². The number of anilines is 1. The monoisotopic (exact) mass is 254 g/mol. The number of hydrogen-bond acceptors (Lipinski definition) is 3. The average molecular weight is 255 g/mol. The zero-order chi connectivity index (χ0) is 12.1. The van der Waals surface area contributed by atoms with Crippen LogP contribution in [0.25, 0.3) is 0 Å². The van der Waals surface area contributed by atoms with Crippen molar-refractivity contribution in [2.24, 2.45) is 0 Å². The van der Waals surface area contributed by atoms with Gasteiger partial charge < -0.3 is 10.4 Å². The van der Waals surface area contributed by atoms with Crippen molar-refractivity contribution in [2.75, 3.05) is 11.9 Å². The van der Waals surface area contributed by atoms with E-state index in [4.69, 9.17) is 11.6 Å². The number of pyridine rings is 1. The molecule has 0 bridgehead atoms. The zero-order valence-electron chi connectivity index (χ0n) is 9.95. The van der Waals surface area contributed by atoms with E-state index < -0.39 is 5.60 Å². The first kappa shape index (κ1) is 12.7. The fourth-order valence-electron chi connectivity index (χ4n) is 2.34. The normalized spacial score (nSPS) is 19.6. The smallest absolute Gasteiger partial charge is 0.131 e. The Morgan fingerprint density at radius 3 is 2.65 bits per heavy atom. The van der Waals surface area contributed by atoms with Crippen molar-refractivity contribution in [3.63, 3.8) is 0 Å². The second kappa shape index (κ2) is 5.69. The molecule has 1 aromatic heterocycles. The first-order valence-corrected chi connectivity index (χ1v) is 6.64. The van der Waals surface area contributed by atoms with Crippen molar-refractivity contribution in [2.45, 2.75) is 44.1 Å². The van der Waals surface area contributed by atoms with Gasteiger partial charge in [-0.15, -0.1) is 0 Å². The van der Waals surface area contributed by atoms with Crippen LogP contribution in [0.2, 0.25) is 5.15 Å². The van der Waals surface area contributed by atoms with Gasteiger partial charge in [0, 0.05) is 18.4 Å². The standard InChI is InChI=1S/C13H19ClN2O/c14-12-9-11(5-8-15-12)16-10-13(17)6-3-1-2-4-7-13/h5,8-9,17H,1-4,6-7,10H2,(H,15,16). The van der Waals surface area contributed by atoms with Gasteiger partial charge in [-0.3, -0.25) is 0 Å². The summed E-state index contributed by atoms with van der Waals surface area (Å²) >= 11 is 5.81. The fraction of sp³-hybridized carbons (Fsp3) is 0.615. The highest BCUT2D eigenvalue weighted by Crippen LogP contribution is 2.27. The zero-order valence-corrected chi connectivity index (χ0v) is 10.7. The highest BCUT2D eigenvalue weighted by molar-refractivity contribution is 6.29. The Kier molecular flexibility index (Phi) is 4.24. The second-order valence-corrected chi connectivity index (χ2v) is 5.25. The third-order valence-corrected chi connectivity index (χ3v) is 3.59. The first-order chi connectivity index (χ1) is 8.18. The average Bonchev–Trinajstić information content (AvgIpc) is 2.53. The van der Waals surface area contributed by atoms with Crippen LogP contribution in [-0.2, 0) is 0 Å². The van der Waals surface area contributed by atoms with Crippen LogP contribution in [0.5, 0.6) is 0 Å². The molecular weight excluding hydrogens is 236 g/mol. The molecule has 1 aromatic rings. The number of nitrogens with one attached hydrogen (secondary N) is 1. The number of hydrogen-bond donors (Lipinski definition) is 2. The first-order valence-electron chi connectivity index (χ1n) is 6.26. The molecule has 17 heavy (non-hydrogen) atoms. The molecule has 0 spiro atoms. The van der Waals surface area contributed by atoms with Crippen LogP contribution >= 0.6 is 11.6 Å². The molecular formula is C13H19ClN2O. The molecule has 0 atom stereocenters. The molecule has 3 nitrogen and oxygen atoms in total. The van der Waals surface area contributed by atoms with E-state index in [0.29, 0.717) is 11.7 Å². The lowest BCUT2D eigenvalue weighted by molar-refractivity contribution is 0.0381. The molecule has 1 aliphatic carbocycles. The van der Waals surface area contributed by atoms with Crippen LogP contribution in [0.4, 0.5) is 5.69 Å². The summed E-state index contributed by atoms with van der Waals surface area (Å²) in [5.41, 5.74) is 0.356. The summed E-state index contributed by atoms with van der Waals surface area (Å²) in [5, 5.41) is 14.2. The van der Waals surface area contributed by atoms with Crippen molar-refractivity contribution in [3.8, 4) is 0 Å². The van der Waals surface area contributed by atoms with E-state index in [2.05, 4.69) is 10.3 Å². The summed E-state index contributed by atoms with van der Waals surface area (Å²) in [7, 11) is 0. The van der Waals surface area contributed by atoms with E-state index in [0.717, 1.165) is 31.4 Å². The molecule has 1 heterocycles. The van der Waals surface area contributed by atoms with Crippen LogP contribution in [0.3, 0.4) is 0 Å². The van der Waals surface area contributed by atoms with Gasteiger partial charge in [0.15, 0.2) is 0 Å². The van der Waals surface area contributed by atoms with E-state index in [1.807, 2.05) is 6.07 Å². The van der Waals surface area contributed by atoms with Crippen LogP contribution < -0.4 is 5.32 Å². The molecule has 1 saturated carbocycles. The van der Waals surface area contributed by atoms with Crippen molar-refractivity contribution in [1.82, 2.24) is 4.98 Å². The molecule has 0 unspecified atom stereocenters. The Morgan fingerprint density at radius 1 is 1.29 bits per heavy atom. The topological polar surface area (TPSA) is 45.1 Å². The van der Waals surface area contributed by atoms with Gasteiger partial charge in [-0.05, 0) is 25.0 Å². The van der Waals surface area contributed by atoms with E-state index in [-0.39, 0.29) is 0 Å². The molecule has 0 aliphatic heterocycles. The minimum absolute atomic E-state index is 0.475. The van der Waals surface area contributed by atoms with Crippen molar-refractivity contribution in [3.05, 3.63) is 23.5 Å². The molecule has 2 rings (SSSR count). The van der Waals surface area contributed by atoms with Gasteiger partial charge in [-0.1, -0.05) is 37.3 Å². The largest absolute Gasteiger partial charge is 0.388 e. The van der Waals surface area contributed by atoms with Gasteiger partial charge in [0.2, 0.25) is 0 Å². The predicted molar refractivity (Wildman–Crippen MR) is 70.4 cm³/mol. The second-order valence-electron chi connectivity index (χ2n) is 4.86. The lowest BCUT2D eigenvalue weighted by Gasteiger charge is -2.27. The number of halogens is 1. The van der Waals surface area contributed by atoms with E-state index in [9.17, 15) is 5.11 Å². The molecule has 2 N–H and O–H groups in total. The molecule has 4 heteroatoms. The predicted octanol–water partition coefficient (Wildman–Crippen LogP) is 3.23. The third kappa shape index (κ3) is 3.86. The van der Waals surface area contributed by atoms with Gasteiger partial charge in [0.1, 0.15) is 5.15 Å². The van der Waals surface area contributed by atoms with Gasteiger partial charge in [-0.2, -0.15) is 0 Å². The lowest BCUT2D eigenvalue weighted by Crippen LogP contribution is -2.36. The molecule has 94 valence electrons. The number of rotatable bonds is 3. The van der Waals surface area contributed by atoms with Crippen molar-refractivity contribution < 1.29 is 5.11 Å². The fourth-order valence-corrected chi connectivity index (χ4v) is 2.52. The molecule has 0 saturated heterocycles. The number of aromatic nitrogens is 1. The van der Waals surface area contributed by atoms with E-state index in [1.54, 1.807) is 12.3 Å². The summed E-state index contributed by atoms with van der Waals surface area (Å²) < 4.78 is 0. The summed E-state index contributed by atoms with van der Waals surface area (Å²) in [4.78, 5) is 3.93. The minimum Gasteiger partial charge on any atom is -0.388 e. The summed E-state index contributed by atoms with van der Waals surface area (Å²) in [6.07, 6.45) is 8.16. The van der Waals surface area contributed by atoms with Gasteiger partial charge in [0.05, 0.1) is 5.60 Å². The van der Waals surface area contributed by atoms with Crippen LogP contribution in [-0.4, -0.2) is 22.2 Å². The lowest BCUT2D eigenvalue weighted by atomic mass is 9.94. The quantitative estimate of drug-likeness (QED) is 0.643. The van der Waals surface area contributed by atoms with E-state index in [1.165, 1.54) is 12.8 Å². The third-order valence-electron chi connectivity index (χ3n) is 3.38.